The molecule has 1 aliphatic rings. The molecule has 0 saturated carbocycles. The highest BCUT2D eigenvalue weighted by molar-refractivity contribution is 6.39. The van der Waals surface area contributed by atoms with E-state index >= 15 is 0 Å². The van der Waals surface area contributed by atoms with Crippen molar-refractivity contribution in [3.63, 3.8) is 0 Å². The maximum absolute atomic E-state index is 13.2. The van der Waals surface area contributed by atoms with Crippen LogP contribution >= 0.6 is 11.6 Å². The molecule has 9 nitrogen and oxygen atoms in total. The van der Waals surface area contributed by atoms with E-state index in [2.05, 4.69) is 5.32 Å². The summed E-state index contributed by atoms with van der Waals surface area (Å²) in [6.45, 7) is 0. The largest absolute Gasteiger partial charge is 0.495 e. The molecule has 0 bridgehead atoms. The number of carbonyl (C=O) groups is 4. The van der Waals surface area contributed by atoms with Gasteiger partial charge in [-0.15, -0.1) is 0 Å². The second-order valence-corrected chi connectivity index (χ2v) is 7.87. The summed E-state index contributed by atoms with van der Waals surface area (Å²) in [6.07, 6.45) is 1.31. The molecule has 0 radical (unpaired) electrons. The van der Waals surface area contributed by atoms with Gasteiger partial charge >= 0.3 is 12.0 Å². The van der Waals surface area contributed by atoms with Gasteiger partial charge in [-0.2, -0.15) is 0 Å². The van der Waals surface area contributed by atoms with Crippen molar-refractivity contribution in [2.75, 3.05) is 19.1 Å². The van der Waals surface area contributed by atoms with Gasteiger partial charge in [0.15, 0.2) is 11.5 Å². The van der Waals surface area contributed by atoms with Crippen LogP contribution in [0.1, 0.15) is 15.9 Å². The number of esters is 1. The van der Waals surface area contributed by atoms with E-state index in [0.29, 0.717) is 16.1 Å². The van der Waals surface area contributed by atoms with Crippen LogP contribution in [0.3, 0.4) is 0 Å². The zero-order valence-electron chi connectivity index (χ0n) is 19.1. The van der Waals surface area contributed by atoms with Crippen LogP contribution in [0.25, 0.3) is 6.08 Å². The predicted molar refractivity (Wildman–Crippen MR) is 131 cm³/mol. The lowest BCUT2D eigenvalue weighted by atomic mass is 10.1. The molecule has 36 heavy (non-hydrogen) atoms. The van der Waals surface area contributed by atoms with Crippen LogP contribution < -0.4 is 24.4 Å². The number of methoxy groups -OCH3 is 2. The van der Waals surface area contributed by atoms with Gasteiger partial charge in [-0.05, 0) is 60.2 Å². The average Bonchev–Trinajstić information content (AvgIpc) is 2.87. The number of para-hydroxylation sites is 2. The Morgan fingerprint density at radius 3 is 2.28 bits per heavy atom. The summed E-state index contributed by atoms with van der Waals surface area (Å²) < 4.78 is 16.0. The number of amides is 4. The van der Waals surface area contributed by atoms with Crippen LogP contribution in [-0.4, -0.2) is 38.0 Å². The van der Waals surface area contributed by atoms with Crippen molar-refractivity contribution in [3.05, 3.63) is 88.5 Å². The molecule has 182 valence electrons. The van der Waals surface area contributed by atoms with E-state index in [9.17, 15) is 19.2 Å². The third-order valence-corrected chi connectivity index (χ3v) is 5.46. The summed E-state index contributed by atoms with van der Waals surface area (Å²) in [6, 6.07) is 16.2. The maximum Gasteiger partial charge on any atom is 0.343 e. The second-order valence-electron chi connectivity index (χ2n) is 7.44. The van der Waals surface area contributed by atoms with E-state index in [1.807, 2.05) is 0 Å². The molecule has 0 spiro atoms. The first-order valence-electron chi connectivity index (χ1n) is 10.5. The Labute approximate surface area is 210 Å². The van der Waals surface area contributed by atoms with Crippen molar-refractivity contribution < 1.29 is 33.4 Å². The molecule has 3 aromatic carbocycles. The van der Waals surface area contributed by atoms with Crippen LogP contribution in [0.5, 0.6) is 17.2 Å². The molecule has 1 aliphatic heterocycles. The molecule has 4 rings (SSSR count). The highest BCUT2D eigenvalue weighted by Gasteiger charge is 2.38. The van der Waals surface area contributed by atoms with Gasteiger partial charge < -0.3 is 14.2 Å². The SMILES string of the molecule is COc1cc(/C=C2\C(=O)NC(=O)N(c3ccccc3OC)C2=O)ccc1OC(=O)c1ccc(Cl)cc1. The van der Waals surface area contributed by atoms with E-state index < -0.39 is 23.8 Å². The Morgan fingerprint density at radius 2 is 1.58 bits per heavy atom. The zero-order valence-corrected chi connectivity index (χ0v) is 19.9. The number of rotatable bonds is 6. The van der Waals surface area contributed by atoms with Gasteiger partial charge in [0.05, 0.1) is 25.5 Å². The molecule has 1 saturated heterocycles. The van der Waals surface area contributed by atoms with Gasteiger partial charge in [0, 0.05) is 5.02 Å². The smallest absolute Gasteiger partial charge is 0.343 e. The number of anilines is 1. The number of imide groups is 2. The van der Waals surface area contributed by atoms with Crippen LogP contribution in [0.2, 0.25) is 5.02 Å². The number of halogens is 1. The Morgan fingerprint density at radius 1 is 0.889 bits per heavy atom. The summed E-state index contributed by atoms with van der Waals surface area (Å²) in [5, 5.41) is 2.64. The number of benzene rings is 3. The minimum absolute atomic E-state index is 0.129. The Kier molecular flexibility index (Phi) is 7.03. The maximum atomic E-state index is 13.2. The fourth-order valence-electron chi connectivity index (χ4n) is 3.46. The molecular formula is C26H19ClN2O7. The van der Waals surface area contributed by atoms with E-state index in [-0.39, 0.29) is 28.5 Å². The highest BCUT2D eigenvalue weighted by Crippen LogP contribution is 2.32. The second kappa shape index (κ2) is 10.3. The van der Waals surface area contributed by atoms with Gasteiger partial charge in [-0.25, -0.2) is 14.5 Å². The monoisotopic (exact) mass is 506 g/mol. The van der Waals surface area contributed by atoms with Crippen LogP contribution in [0.4, 0.5) is 10.5 Å². The fraction of sp³-hybridized carbons (Fsp3) is 0.0769. The Hall–Kier alpha value is -4.63. The van der Waals surface area contributed by atoms with Crippen molar-refractivity contribution in [1.29, 1.82) is 0 Å². The van der Waals surface area contributed by atoms with Gasteiger partial charge in [0.25, 0.3) is 11.8 Å². The molecular weight excluding hydrogens is 488 g/mol. The van der Waals surface area contributed by atoms with Crippen LogP contribution in [0, 0.1) is 0 Å². The number of hydrogen-bond acceptors (Lipinski definition) is 7. The van der Waals surface area contributed by atoms with Crippen molar-refractivity contribution in [2.24, 2.45) is 0 Å². The van der Waals surface area contributed by atoms with Gasteiger partial charge in [0.2, 0.25) is 0 Å². The quantitative estimate of drug-likeness (QED) is 0.230. The van der Waals surface area contributed by atoms with Gasteiger partial charge in [-0.1, -0.05) is 29.8 Å². The van der Waals surface area contributed by atoms with E-state index in [4.69, 9.17) is 25.8 Å². The number of carbonyl (C=O) groups excluding carboxylic acids is 4. The molecule has 0 unspecified atom stereocenters. The van der Waals surface area contributed by atoms with Crippen molar-refractivity contribution in [3.8, 4) is 17.2 Å². The van der Waals surface area contributed by atoms with E-state index in [1.165, 1.54) is 56.7 Å². The number of hydrogen-bond donors (Lipinski definition) is 1. The highest BCUT2D eigenvalue weighted by atomic mass is 35.5. The summed E-state index contributed by atoms with van der Waals surface area (Å²) in [4.78, 5) is 51.4. The fourth-order valence-corrected chi connectivity index (χ4v) is 3.59. The first-order chi connectivity index (χ1) is 17.3. The summed E-state index contributed by atoms with van der Waals surface area (Å²) in [7, 11) is 2.78. The van der Waals surface area contributed by atoms with Crippen molar-refractivity contribution in [1.82, 2.24) is 5.32 Å². The molecule has 1 N–H and O–H groups in total. The molecule has 3 aromatic rings. The summed E-state index contributed by atoms with van der Waals surface area (Å²) >= 11 is 5.85. The first-order valence-corrected chi connectivity index (χ1v) is 10.9. The molecule has 4 amide bonds. The summed E-state index contributed by atoms with van der Waals surface area (Å²) in [5.74, 6) is -1.70. The summed E-state index contributed by atoms with van der Waals surface area (Å²) in [5.41, 5.74) is 0.584. The first kappa shape index (κ1) is 24.5. The normalized spacial score (nSPS) is 14.5. The van der Waals surface area contributed by atoms with Crippen molar-refractivity contribution in [2.45, 2.75) is 0 Å². The predicted octanol–water partition coefficient (Wildman–Crippen LogP) is 4.24. The standard InChI is InChI=1S/C26H19ClN2O7/c1-34-20-6-4-3-5-19(20)29-24(31)18(23(30)28-26(29)33)13-15-7-12-21(22(14-15)35-2)36-25(32)16-8-10-17(27)11-9-16/h3-14H,1-2H3,(H,28,30,33)/b18-13+. The lowest BCUT2D eigenvalue weighted by molar-refractivity contribution is -0.122. The topological polar surface area (TPSA) is 111 Å². The number of nitrogens with one attached hydrogen (secondary N) is 1. The minimum Gasteiger partial charge on any atom is -0.495 e. The number of urea groups is 1. The van der Waals surface area contributed by atoms with Gasteiger partial charge in [0.1, 0.15) is 11.3 Å². The number of nitrogens with zero attached hydrogens (tertiary/aromatic N) is 1. The van der Waals surface area contributed by atoms with Gasteiger partial charge in [-0.3, -0.25) is 14.9 Å². The Bertz CT molecular complexity index is 1400. The lowest BCUT2D eigenvalue weighted by Gasteiger charge is -2.27. The molecule has 0 atom stereocenters. The average molecular weight is 507 g/mol. The van der Waals surface area contributed by atoms with E-state index in [0.717, 1.165) is 4.90 Å². The third-order valence-electron chi connectivity index (χ3n) is 5.21. The minimum atomic E-state index is -0.895. The molecule has 1 heterocycles. The van der Waals surface area contributed by atoms with Crippen LogP contribution in [0.15, 0.2) is 72.3 Å². The molecule has 0 aliphatic carbocycles. The zero-order chi connectivity index (χ0) is 25.8. The Balaban J connectivity index is 1.63. The number of ether oxygens (including phenoxy) is 3. The molecule has 10 heteroatoms. The molecule has 1 fully saturated rings. The lowest BCUT2D eigenvalue weighted by Crippen LogP contribution is -2.54. The van der Waals surface area contributed by atoms with Crippen molar-refractivity contribution >= 4 is 47.2 Å². The third kappa shape index (κ3) is 4.91. The number of barbiturate groups is 1. The van der Waals surface area contributed by atoms with Crippen LogP contribution in [-0.2, 0) is 9.59 Å². The molecule has 0 aromatic heterocycles. The van der Waals surface area contributed by atoms with E-state index in [1.54, 1.807) is 30.3 Å².